The second-order valence-electron chi connectivity index (χ2n) is 35.6. The average molecular weight is 1490 g/mol. The summed E-state index contributed by atoms with van der Waals surface area (Å²) in [6.07, 6.45) is 1.91. The molecule has 0 spiro atoms. The third-order valence-electron chi connectivity index (χ3n) is 19.7. The summed E-state index contributed by atoms with van der Waals surface area (Å²) in [6, 6.07) is 53.9. The number of nitrogens with zero attached hydrogens (tertiary/aromatic N) is 4. The normalized spacial score (nSPS) is 14.4. The molecule has 0 unspecified atom stereocenters. The molecular formula is C92H101N4O2Pt-3. The molecule has 0 radical (unpaired) electrons. The first kappa shape index (κ1) is 64.2. The monoisotopic (exact) mass is 1490 g/mol. The molecule has 0 fully saturated rings. The second kappa shape index (κ2) is 24.6. The van der Waals surface area contributed by atoms with Gasteiger partial charge in [-0.1, -0.05) is 268 Å². The van der Waals surface area contributed by atoms with Gasteiger partial charge in [0.05, 0.1) is 6.85 Å². The number of hydrogen-bond acceptors (Lipinski definition) is 5. The molecule has 1 aliphatic rings. The molecule has 99 heavy (non-hydrogen) atoms. The van der Waals surface area contributed by atoms with Crippen LogP contribution in [0.15, 0.2) is 174 Å². The van der Waals surface area contributed by atoms with E-state index in [-0.39, 0.29) is 76.6 Å². The molecule has 7 heteroatoms. The Hall–Kier alpha value is -8.18. The van der Waals surface area contributed by atoms with Crippen LogP contribution in [0.1, 0.15) is 218 Å². The molecule has 0 N–H and O–H groups in total. The van der Waals surface area contributed by atoms with Crippen molar-refractivity contribution in [3.05, 3.63) is 233 Å². The quantitative estimate of drug-likeness (QED) is 0.142. The van der Waals surface area contributed by atoms with Gasteiger partial charge in [0.25, 0.3) is 0 Å². The molecule has 0 saturated carbocycles. The Morgan fingerprint density at radius 2 is 0.980 bits per heavy atom. The fourth-order valence-electron chi connectivity index (χ4n) is 14.2. The number of pyridine rings is 1. The topological polar surface area (TPSA) is 46.7 Å². The molecular weight excluding hydrogens is 1390 g/mol. The van der Waals surface area contributed by atoms with Crippen LogP contribution in [0.3, 0.4) is 0 Å². The predicted octanol–water partition coefficient (Wildman–Crippen LogP) is 26.3. The molecule has 6 nitrogen and oxygen atoms in total. The Balaban J connectivity index is 0.0000102. The standard InChI is InChI=1S/C92H101N4O2.Pt/c1-85(2,3)59-43-44-93-78(52-59)96-76-42-39-67-80-72(91(19,20)21)40-41-73(92(22,23)24)84(80)98-83(67)81(76)66-38-37-64(54-77(66)96)97-65-48-58(79-70(89(13,14)15)33-30-34-71(79)90(16,17)18)47-63(53-65)94-55-95(75-36-29-28-35-74(75)94)82-68(56-31-26-25-27-32-56)50-62(88(10,11)12)51-69(82)57-45-60(86(4,5)6)49-61(46-57)87(7,8)9;/h25-52,55H,1-24H3;/q-3;/i25D,26D,27D,31D,32D;. The van der Waals surface area contributed by atoms with Gasteiger partial charge in [0.1, 0.15) is 17.0 Å². The molecule has 0 aliphatic carbocycles. The smallest absolute Gasteiger partial charge is 0.139 e. The van der Waals surface area contributed by atoms with E-state index in [4.69, 9.17) is 15.5 Å². The van der Waals surface area contributed by atoms with Gasteiger partial charge < -0.3 is 23.5 Å². The molecule has 0 atom stereocenters. The van der Waals surface area contributed by atoms with Gasteiger partial charge in [-0.15, -0.1) is 48.3 Å². The van der Waals surface area contributed by atoms with E-state index in [1.807, 2.05) is 24.4 Å². The van der Waals surface area contributed by atoms with Crippen molar-refractivity contribution >= 4 is 66.5 Å². The fraction of sp³-hybridized carbons (Fsp3) is 0.348. The van der Waals surface area contributed by atoms with Crippen LogP contribution in [0.25, 0.3) is 82.9 Å². The van der Waals surface area contributed by atoms with Gasteiger partial charge in [-0.2, -0.15) is 6.07 Å². The number of aromatic nitrogens is 2. The van der Waals surface area contributed by atoms with Gasteiger partial charge in [-0.05, 0) is 153 Å². The van der Waals surface area contributed by atoms with Gasteiger partial charge >= 0.3 is 0 Å². The zero-order valence-corrected chi connectivity index (χ0v) is 65.1. The molecule has 4 heterocycles. The van der Waals surface area contributed by atoms with Gasteiger partial charge in [0, 0.05) is 88.8 Å². The van der Waals surface area contributed by atoms with E-state index < -0.39 is 23.5 Å². The van der Waals surface area contributed by atoms with Crippen LogP contribution in [-0.2, 0) is 64.4 Å². The third-order valence-corrected chi connectivity index (χ3v) is 19.7. The Bertz CT molecular complexity index is 5350. The number of fused-ring (bicyclic) bond motifs is 8. The van der Waals surface area contributed by atoms with E-state index in [0.717, 1.165) is 111 Å². The average Bonchev–Trinajstić information content (AvgIpc) is 1.52. The van der Waals surface area contributed by atoms with Crippen LogP contribution in [0.2, 0.25) is 0 Å². The van der Waals surface area contributed by atoms with E-state index in [1.165, 1.54) is 16.7 Å². The van der Waals surface area contributed by atoms with Gasteiger partial charge in [-0.25, -0.2) is 4.98 Å². The summed E-state index contributed by atoms with van der Waals surface area (Å²) in [4.78, 5) is 9.47. The van der Waals surface area contributed by atoms with E-state index in [2.05, 4.69) is 315 Å². The van der Waals surface area contributed by atoms with Gasteiger partial charge in [0.15, 0.2) is 0 Å². The predicted molar refractivity (Wildman–Crippen MR) is 417 cm³/mol. The number of anilines is 4. The summed E-state index contributed by atoms with van der Waals surface area (Å²) in [5.74, 6) is 1.68. The van der Waals surface area contributed by atoms with Crippen molar-refractivity contribution in [3.63, 3.8) is 0 Å². The first-order valence-electron chi connectivity index (χ1n) is 37.4. The summed E-state index contributed by atoms with van der Waals surface area (Å²) in [5, 5.41) is 4.11. The van der Waals surface area contributed by atoms with Crippen LogP contribution in [0.4, 0.5) is 22.7 Å². The number of furan rings is 1. The maximum Gasteiger partial charge on any atom is 0.139 e. The molecule has 0 saturated heterocycles. The van der Waals surface area contributed by atoms with E-state index in [9.17, 15) is 5.48 Å². The molecule has 3 aromatic heterocycles. The van der Waals surface area contributed by atoms with Crippen LogP contribution in [0.5, 0.6) is 11.5 Å². The zero-order chi connectivity index (χ0) is 74.9. The third kappa shape index (κ3) is 13.1. The number of rotatable bonds is 8. The number of para-hydroxylation sites is 2. The maximum absolute atomic E-state index is 9.76. The van der Waals surface area contributed by atoms with Crippen LogP contribution < -0.4 is 14.5 Å². The molecule has 9 aromatic carbocycles. The van der Waals surface area contributed by atoms with E-state index in [0.29, 0.717) is 28.4 Å². The van der Waals surface area contributed by atoms with Crippen LogP contribution in [0, 0.1) is 18.8 Å². The first-order valence-corrected chi connectivity index (χ1v) is 34.9. The summed E-state index contributed by atoms with van der Waals surface area (Å²) < 4.78 is 63.7. The summed E-state index contributed by atoms with van der Waals surface area (Å²) in [6.45, 7) is 55.9. The fourth-order valence-corrected chi connectivity index (χ4v) is 14.2. The van der Waals surface area contributed by atoms with Gasteiger partial charge in [0.2, 0.25) is 0 Å². The van der Waals surface area contributed by atoms with Crippen LogP contribution >= 0.6 is 0 Å². The minimum atomic E-state index is -0.447. The number of hydrogen-bond donors (Lipinski definition) is 0. The zero-order valence-electron chi connectivity index (χ0n) is 67.8. The van der Waals surface area contributed by atoms with Crippen molar-refractivity contribution in [1.29, 1.82) is 0 Å². The van der Waals surface area contributed by atoms with Crippen molar-refractivity contribution in [2.24, 2.45) is 0 Å². The second-order valence-corrected chi connectivity index (χ2v) is 35.6. The van der Waals surface area contributed by atoms with Crippen molar-refractivity contribution in [2.45, 2.75) is 209 Å². The first-order chi connectivity index (χ1) is 47.7. The molecule has 514 valence electrons. The van der Waals surface area contributed by atoms with E-state index in [1.54, 1.807) is 0 Å². The largest absolute Gasteiger partial charge is 0.509 e. The number of benzene rings is 9. The van der Waals surface area contributed by atoms with E-state index >= 15 is 0 Å². The Morgan fingerprint density at radius 1 is 0.434 bits per heavy atom. The van der Waals surface area contributed by atoms with Gasteiger partial charge in [-0.3, -0.25) is 0 Å². The maximum atomic E-state index is 9.76. The summed E-state index contributed by atoms with van der Waals surface area (Å²) in [7, 11) is 0. The number of ether oxygens (including phenoxy) is 1. The van der Waals surface area contributed by atoms with Crippen molar-refractivity contribution in [3.8, 4) is 50.7 Å². The minimum Gasteiger partial charge on any atom is -0.509 e. The molecule has 12 aromatic rings. The summed E-state index contributed by atoms with van der Waals surface area (Å²) in [5.41, 5.74) is 18.0. The van der Waals surface area contributed by atoms with Crippen molar-refractivity contribution in [1.82, 2.24) is 9.55 Å². The molecule has 0 bridgehead atoms. The van der Waals surface area contributed by atoms with Crippen molar-refractivity contribution in [2.75, 3.05) is 9.80 Å². The Labute approximate surface area is 612 Å². The van der Waals surface area contributed by atoms with Crippen molar-refractivity contribution < 1.29 is 37.1 Å². The SMILES string of the molecule is [2H]c1c([2H])c([2H])c(-c2cc(C(C)(C)C)cc(-c3cc(C(C)(C)C)cc(C(C)(C)C)c3)c2N2[CH-]N(c3[c-]c(Oc4[c-]c5c(cc4)c4c6oc7c(C(C)(C)C)ccc(C(C)(C)C)c7c6ccc4n5-c4cc(C(C)(C)C)ccn4)cc(-c4c(C(C)(C)C)cccc4C(C)(C)C)c3)c3ccccc32)c([2H])c1[2H].[Pt]. The van der Waals surface area contributed by atoms with Crippen LogP contribution in [-0.4, -0.2) is 9.55 Å². The minimum absolute atomic E-state index is 0. The summed E-state index contributed by atoms with van der Waals surface area (Å²) >= 11 is 0. The Morgan fingerprint density at radius 3 is 1.56 bits per heavy atom. The Kier molecular flexibility index (Phi) is 15.9. The molecule has 1 aliphatic heterocycles. The molecule has 0 amide bonds. The molecule has 13 rings (SSSR count).